The van der Waals surface area contributed by atoms with Crippen LogP contribution in [0.3, 0.4) is 0 Å². The van der Waals surface area contributed by atoms with E-state index in [1.807, 2.05) is 0 Å². The van der Waals surface area contributed by atoms with Gasteiger partial charge in [0, 0.05) is 6.61 Å². The van der Waals surface area contributed by atoms with Crippen LogP contribution in [-0.2, 0) is 0 Å². The molecule has 0 fully saturated rings. The number of aliphatic hydroxyl groups excluding tert-OH is 1. The van der Waals surface area contributed by atoms with Crippen LogP contribution in [0.4, 0.5) is 0 Å². The Bertz CT molecular complexity index is 92.5. The highest BCUT2D eigenvalue weighted by Crippen LogP contribution is 1.98. The Labute approximate surface area is 90.3 Å². The first-order valence-corrected chi connectivity index (χ1v) is 5.65. The SMILES string of the molecule is CC(C)CCN(C)C.CC(C)CCO. The third-order valence-electron chi connectivity index (χ3n) is 1.86. The van der Waals surface area contributed by atoms with Crippen molar-refractivity contribution in [1.82, 2.24) is 4.90 Å². The Balaban J connectivity index is 0. The molecule has 0 saturated carbocycles. The molecule has 0 heterocycles. The van der Waals surface area contributed by atoms with Crippen molar-refractivity contribution in [2.45, 2.75) is 40.5 Å². The molecule has 2 heteroatoms. The monoisotopic (exact) mass is 203 g/mol. The average molecular weight is 203 g/mol. The van der Waals surface area contributed by atoms with Crippen molar-refractivity contribution in [3.05, 3.63) is 0 Å². The van der Waals surface area contributed by atoms with Crippen LogP contribution < -0.4 is 0 Å². The Hall–Kier alpha value is -0.0800. The lowest BCUT2D eigenvalue weighted by Crippen LogP contribution is -2.14. The van der Waals surface area contributed by atoms with Crippen LogP contribution in [0.25, 0.3) is 0 Å². The van der Waals surface area contributed by atoms with Crippen molar-refractivity contribution in [1.29, 1.82) is 0 Å². The van der Waals surface area contributed by atoms with Gasteiger partial charge in [-0.15, -0.1) is 0 Å². The van der Waals surface area contributed by atoms with Gasteiger partial charge in [-0.05, 0) is 45.3 Å². The fourth-order valence-electron chi connectivity index (χ4n) is 0.775. The summed E-state index contributed by atoms with van der Waals surface area (Å²) in [6.45, 7) is 10.2. The second-order valence-corrected chi connectivity index (χ2v) is 4.89. The van der Waals surface area contributed by atoms with Crippen LogP contribution in [0.15, 0.2) is 0 Å². The summed E-state index contributed by atoms with van der Waals surface area (Å²) >= 11 is 0. The van der Waals surface area contributed by atoms with Gasteiger partial charge < -0.3 is 10.0 Å². The van der Waals surface area contributed by atoms with Gasteiger partial charge in [0.2, 0.25) is 0 Å². The number of rotatable bonds is 5. The maximum atomic E-state index is 8.24. The first-order valence-electron chi connectivity index (χ1n) is 5.65. The summed E-state index contributed by atoms with van der Waals surface area (Å²) in [6.07, 6.45) is 2.24. The van der Waals surface area contributed by atoms with Gasteiger partial charge in [0.15, 0.2) is 0 Å². The largest absolute Gasteiger partial charge is 0.396 e. The lowest BCUT2D eigenvalue weighted by Gasteiger charge is -2.10. The van der Waals surface area contributed by atoms with E-state index in [0.29, 0.717) is 12.5 Å². The molecule has 0 bridgehead atoms. The number of hydrogen-bond acceptors (Lipinski definition) is 2. The van der Waals surface area contributed by atoms with Crippen LogP contribution in [0.1, 0.15) is 40.5 Å². The van der Waals surface area contributed by atoms with Gasteiger partial charge in [0.1, 0.15) is 0 Å². The van der Waals surface area contributed by atoms with Gasteiger partial charge in [0.25, 0.3) is 0 Å². The van der Waals surface area contributed by atoms with E-state index in [1.165, 1.54) is 13.0 Å². The molecule has 0 amide bonds. The molecule has 0 aliphatic rings. The van der Waals surface area contributed by atoms with Crippen LogP contribution in [-0.4, -0.2) is 37.3 Å². The summed E-state index contributed by atoms with van der Waals surface area (Å²) in [5.41, 5.74) is 0. The van der Waals surface area contributed by atoms with E-state index < -0.39 is 0 Å². The molecule has 1 N–H and O–H groups in total. The lowest BCUT2D eigenvalue weighted by atomic mass is 10.1. The second kappa shape index (κ2) is 11.0. The maximum Gasteiger partial charge on any atom is 0.0433 e. The molecule has 0 unspecified atom stereocenters. The molecule has 0 aromatic carbocycles. The normalized spacial score (nSPS) is 10.7. The minimum absolute atomic E-state index is 0.331. The van der Waals surface area contributed by atoms with Gasteiger partial charge in [-0.2, -0.15) is 0 Å². The van der Waals surface area contributed by atoms with Crippen molar-refractivity contribution in [3.63, 3.8) is 0 Å². The molecule has 0 aromatic rings. The summed E-state index contributed by atoms with van der Waals surface area (Å²) in [5.74, 6) is 1.49. The van der Waals surface area contributed by atoms with Crippen LogP contribution in [0, 0.1) is 11.8 Å². The zero-order chi connectivity index (χ0) is 11.6. The third-order valence-corrected chi connectivity index (χ3v) is 1.86. The van der Waals surface area contributed by atoms with Gasteiger partial charge >= 0.3 is 0 Å². The number of aliphatic hydroxyl groups is 1. The number of hydrogen-bond donors (Lipinski definition) is 1. The molecular formula is C12H29NO. The zero-order valence-electron chi connectivity index (χ0n) is 10.9. The molecule has 0 aromatic heterocycles. The lowest BCUT2D eigenvalue weighted by molar-refractivity contribution is 0.268. The zero-order valence-corrected chi connectivity index (χ0v) is 10.9. The van der Waals surface area contributed by atoms with Crippen molar-refractivity contribution < 1.29 is 5.11 Å². The van der Waals surface area contributed by atoms with Crippen LogP contribution >= 0.6 is 0 Å². The van der Waals surface area contributed by atoms with Crippen molar-refractivity contribution in [3.8, 4) is 0 Å². The topological polar surface area (TPSA) is 23.5 Å². The molecule has 88 valence electrons. The first-order chi connectivity index (χ1) is 6.40. The summed E-state index contributed by atoms with van der Waals surface area (Å²) in [7, 11) is 4.23. The summed E-state index contributed by atoms with van der Waals surface area (Å²) < 4.78 is 0. The van der Waals surface area contributed by atoms with E-state index in [9.17, 15) is 0 Å². The molecule has 0 aliphatic carbocycles. The smallest absolute Gasteiger partial charge is 0.0433 e. The first kappa shape index (κ1) is 16.4. The molecular weight excluding hydrogens is 174 g/mol. The molecule has 0 spiro atoms. The van der Waals surface area contributed by atoms with E-state index in [-0.39, 0.29) is 0 Å². The van der Waals surface area contributed by atoms with Crippen LogP contribution in [0.2, 0.25) is 0 Å². The third kappa shape index (κ3) is 22.7. The molecule has 0 rings (SSSR count). The highest BCUT2D eigenvalue weighted by atomic mass is 16.2. The standard InChI is InChI=1S/C7H17N.C5H12O/c1-7(2)5-6-8(3)4;1-5(2)3-4-6/h7H,5-6H2,1-4H3;5-6H,3-4H2,1-2H3. The highest BCUT2D eigenvalue weighted by Gasteiger charge is 1.93. The summed E-state index contributed by atoms with van der Waals surface area (Å²) in [5, 5.41) is 8.24. The van der Waals surface area contributed by atoms with Gasteiger partial charge in [-0.25, -0.2) is 0 Å². The Morgan fingerprint density at radius 1 is 0.929 bits per heavy atom. The van der Waals surface area contributed by atoms with Crippen molar-refractivity contribution >= 4 is 0 Å². The van der Waals surface area contributed by atoms with Crippen molar-refractivity contribution in [2.75, 3.05) is 27.2 Å². The van der Waals surface area contributed by atoms with Gasteiger partial charge in [-0.3, -0.25) is 0 Å². The molecule has 0 saturated heterocycles. The van der Waals surface area contributed by atoms with E-state index in [2.05, 4.69) is 46.7 Å². The minimum atomic E-state index is 0.331. The Kier molecular flexibility index (Phi) is 12.8. The summed E-state index contributed by atoms with van der Waals surface area (Å²) in [4.78, 5) is 2.22. The second-order valence-electron chi connectivity index (χ2n) is 4.89. The van der Waals surface area contributed by atoms with Gasteiger partial charge in [0.05, 0.1) is 0 Å². The molecule has 0 atom stereocenters. The fraction of sp³-hybridized carbons (Fsp3) is 1.00. The predicted octanol–water partition coefficient (Wildman–Crippen LogP) is 2.62. The molecule has 0 aliphatic heterocycles. The number of nitrogens with zero attached hydrogens (tertiary/aromatic N) is 1. The van der Waals surface area contributed by atoms with Gasteiger partial charge in [-0.1, -0.05) is 27.7 Å². The maximum absolute atomic E-state index is 8.24. The predicted molar refractivity (Wildman–Crippen MR) is 64.5 cm³/mol. The summed E-state index contributed by atoms with van der Waals surface area (Å²) in [6, 6.07) is 0. The van der Waals surface area contributed by atoms with E-state index in [4.69, 9.17) is 5.11 Å². The van der Waals surface area contributed by atoms with E-state index >= 15 is 0 Å². The van der Waals surface area contributed by atoms with E-state index in [0.717, 1.165) is 12.3 Å². The quantitative estimate of drug-likeness (QED) is 0.742. The highest BCUT2D eigenvalue weighted by molar-refractivity contribution is 4.47. The molecule has 2 nitrogen and oxygen atoms in total. The Morgan fingerprint density at radius 3 is 1.43 bits per heavy atom. The van der Waals surface area contributed by atoms with Crippen molar-refractivity contribution in [2.24, 2.45) is 11.8 Å². The fourth-order valence-corrected chi connectivity index (χ4v) is 0.775. The average Bonchev–Trinajstić information content (AvgIpc) is 2.01. The molecule has 14 heavy (non-hydrogen) atoms. The molecule has 0 radical (unpaired) electrons. The Morgan fingerprint density at radius 2 is 1.36 bits per heavy atom. The van der Waals surface area contributed by atoms with Crippen LogP contribution in [0.5, 0.6) is 0 Å². The minimum Gasteiger partial charge on any atom is -0.396 e. The van der Waals surface area contributed by atoms with E-state index in [1.54, 1.807) is 0 Å².